The van der Waals surface area contributed by atoms with E-state index in [-0.39, 0.29) is 49.1 Å². The Morgan fingerprint density at radius 1 is 1.04 bits per heavy atom. The topological polar surface area (TPSA) is 59.5 Å². The molecule has 0 atom stereocenters. The summed E-state index contributed by atoms with van der Waals surface area (Å²) in [5.41, 5.74) is -0.595. The molecule has 26 heavy (non-hydrogen) atoms. The van der Waals surface area contributed by atoms with Crippen molar-refractivity contribution in [2.45, 2.75) is 19.0 Å². The number of benzene rings is 1. The maximum Gasteiger partial charge on any atom is 0.417 e. The maximum atomic E-state index is 13.1. The second kappa shape index (κ2) is 7.15. The molecule has 136 valence electrons. The van der Waals surface area contributed by atoms with Gasteiger partial charge in [-0.15, -0.1) is 0 Å². The number of alkyl halides is 3. The zero-order valence-corrected chi connectivity index (χ0v) is 13.6. The third-order valence-corrected chi connectivity index (χ3v) is 3.98. The van der Waals surface area contributed by atoms with Gasteiger partial charge in [0, 0.05) is 18.4 Å². The fourth-order valence-electron chi connectivity index (χ4n) is 2.71. The zero-order chi connectivity index (χ0) is 18.7. The first-order valence-corrected chi connectivity index (χ1v) is 7.95. The smallest absolute Gasteiger partial charge is 0.417 e. The summed E-state index contributed by atoms with van der Waals surface area (Å²) < 4.78 is 44.7. The second-order valence-corrected chi connectivity index (χ2v) is 5.71. The van der Waals surface area contributed by atoms with Gasteiger partial charge in [0.2, 0.25) is 11.8 Å². The number of halogens is 3. The molecule has 0 saturated carbocycles. The van der Waals surface area contributed by atoms with Gasteiger partial charge in [-0.2, -0.15) is 13.2 Å². The number of carbonyl (C=O) groups excluding carboxylic acids is 2. The van der Waals surface area contributed by atoms with Gasteiger partial charge in [0.1, 0.15) is 12.4 Å². The number of pyridine rings is 1. The first kappa shape index (κ1) is 17.9. The molecule has 0 N–H and O–H groups in total. The van der Waals surface area contributed by atoms with Crippen LogP contribution in [0, 0.1) is 0 Å². The third-order valence-electron chi connectivity index (χ3n) is 3.98. The SMILES string of the molecule is O=C1CCC(=O)N1CCOc1ccc(-c2ccccc2C(F)(F)F)nc1. The molecule has 1 aliphatic heterocycles. The van der Waals surface area contributed by atoms with Crippen molar-refractivity contribution < 1.29 is 27.5 Å². The van der Waals surface area contributed by atoms with Crippen molar-refractivity contribution >= 4 is 11.8 Å². The predicted octanol–water partition coefficient (Wildman–Crippen LogP) is 3.30. The van der Waals surface area contributed by atoms with E-state index in [0.717, 1.165) is 11.0 Å². The molecule has 0 unspecified atom stereocenters. The molecular formula is C18H15F3N2O3. The van der Waals surface area contributed by atoms with E-state index >= 15 is 0 Å². The first-order chi connectivity index (χ1) is 12.4. The van der Waals surface area contributed by atoms with E-state index in [1.807, 2.05) is 0 Å². The third kappa shape index (κ3) is 3.84. The van der Waals surface area contributed by atoms with Gasteiger partial charge in [-0.3, -0.25) is 19.5 Å². The summed E-state index contributed by atoms with van der Waals surface area (Å²) in [6.07, 6.45) is -2.72. The Morgan fingerprint density at radius 2 is 1.73 bits per heavy atom. The van der Waals surface area contributed by atoms with Crippen LogP contribution in [0.3, 0.4) is 0 Å². The highest BCUT2D eigenvalue weighted by atomic mass is 19.4. The Balaban J connectivity index is 1.66. The van der Waals surface area contributed by atoms with Crippen molar-refractivity contribution in [3.05, 3.63) is 48.2 Å². The molecule has 5 nitrogen and oxygen atoms in total. The lowest BCUT2D eigenvalue weighted by atomic mass is 10.0. The summed E-state index contributed by atoms with van der Waals surface area (Å²) >= 11 is 0. The molecule has 1 saturated heterocycles. The molecule has 1 aromatic carbocycles. The average Bonchev–Trinajstić information content (AvgIpc) is 2.93. The van der Waals surface area contributed by atoms with Gasteiger partial charge in [0.25, 0.3) is 0 Å². The Kier molecular flexibility index (Phi) is 4.92. The van der Waals surface area contributed by atoms with E-state index in [4.69, 9.17) is 4.74 Å². The minimum absolute atomic E-state index is 0.0141. The van der Waals surface area contributed by atoms with Crippen molar-refractivity contribution in [3.63, 3.8) is 0 Å². The van der Waals surface area contributed by atoms with Crippen LogP contribution >= 0.6 is 0 Å². The number of imide groups is 1. The molecule has 0 spiro atoms. The summed E-state index contributed by atoms with van der Waals surface area (Å²) in [6, 6.07) is 8.14. The number of rotatable bonds is 5. The van der Waals surface area contributed by atoms with E-state index in [2.05, 4.69) is 4.98 Å². The fraction of sp³-hybridized carbons (Fsp3) is 0.278. The van der Waals surface area contributed by atoms with Crippen LogP contribution in [0.2, 0.25) is 0 Å². The van der Waals surface area contributed by atoms with Crippen LogP contribution in [-0.2, 0) is 15.8 Å². The molecule has 0 aliphatic carbocycles. The Morgan fingerprint density at radius 3 is 2.35 bits per heavy atom. The molecule has 2 aromatic rings. The maximum absolute atomic E-state index is 13.1. The van der Waals surface area contributed by atoms with Crippen LogP contribution in [0.4, 0.5) is 13.2 Å². The van der Waals surface area contributed by atoms with Gasteiger partial charge >= 0.3 is 6.18 Å². The summed E-state index contributed by atoms with van der Waals surface area (Å²) in [5, 5.41) is 0. The van der Waals surface area contributed by atoms with Crippen molar-refractivity contribution in [1.82, 2.24) is 9.88 Å². The molecule has 8 heteroatoms. The molecule has 0 bridgehead atoms. The van der Waals surface area contributed by atoms with E-state index in [0.29, 0.717) is 5.75 Å². The number of nitrogens with zero attached hydrogens (tertiary/aromatic N) is 2. The van der Waals surface area contributed by atoms with Gasteiger partial charge < -0.3 is 4.74 Å². The Hall–Kier alpha value is -2.90. The highest BCUT2D eigenvalue weighted by molar-refractivity contribution is 6.01. The van der Waals surface area contributed by atoms with E-state index in [1.165, 1.54) is 36.5 Å². The van der Waals surface area contributed by atoms with Crippen LogP contribution in [0.25, 0.3) is 11.3 Å². The predicted molar refractivity (Wildman–Crippen MR) is 86.1 cm³/mol. The molecule has 1 aliphatic rings. The van der Waals surface area contributed by atoms with Gasteiger partial charge in [-0.05, 0) is 18.2 Å². The number of hydrogen-bond acceptors (Lipinski definition) is 4. The number of ether oxygens (including phenoxy) is 1. The van der Waals surface area contributed by atoms with Crippen LogP contribution < -0.4 is 4.74 Å². The first-order valence-electron chi connectivity index (χ1n) is 7.95. The largest absolute Gasteiger partial charge is 0.490 e. The van der Waals surface area contributed by atoms with Gasteiger partial charge in [0.05, 0.1) is 24.0 Å². The fourth-order valence-corrected chi connectivity index (χ4v) is 2.71. The summed E-state index contributed by atoms with van der Waals surface area (Å²) in [5.74, 6) is -0.107. The van der Waals surface area contributed by atoms with Crippen LogP contribution in [0.1, 0.15) is 18.4 Å². The van der Waals surface area contributed by atoms with Crippen molar-refractivity contribution in [3.8, 4) is 17.0 Å². The van der Waals surface area contributed by atoms with Crippen LogP contribution in [-0.4, -0.2) is 34.8 Å². The number of aromatic nitrogens is 1. The molecular weight excluding hydrogens is 349 g/mol. The Bertz CT molecular complexity index is 803. The number of likely N-dealkylation sites (tertiary alicyclic amines) is 1. The Labute approximate surface area is 147 Å². The lowest BCUT2D eigenvalue weighted by Crippen LogP contribution is -2.33. The monoisotopic (exact) mass is 364 g/mol. The second-order valence-electron chi connectivity index (χ2n) is 5.71. The quantitative estimate of drug-likeness (QED) is 0.764. The van der Waals surface area contributed by atoms with E-state index < -0.39 is 11.7 Å². The number of carbonyl (C=O) groups is 2. The standard InChI is InChI=1S/C18H15F3N2O3/c19-18(20,21)14-4-2-1-3-13(14)15-6-5-12(11-22-15)26-10-9-23-16(24)7-8-17(23)25/h1-6,11H,7-10H2. The average molecular weight is 364 g/mol. The lowest BCUT2D eigenvalue weighted by Gasteiger charge is -2.15. The van der Waals surface area contributed by atoms with Crippen molar-refractivity contribution in [1.29, 1.82) is 0 Å². The van der Waals surface area contributed by atoms with Gasteiger partial charge in [-0.25, -0.2) is 0 Å². The van der Waals surface area contributed by atoms with Crippen LogP contribution in [0.15, 0.2) is 42.6 Å². The molecule has 3 rings (SSSR count). The molecule has 2 amide bonds. The summed E-state index contributed by atoms with van der Waals surface area (Å²) in [6.45, 7) is 0.230. The number of hydrogen-bond donors (Lipinski definition) is 0. The molecule has 2 heterocycles. The highest BCUT2D eigenvalue weighted by Crippen LogP contribution is 2.36. The molecule has 1 fully saturated rings. The van der Waals surface area contributed by atoms with Gasteiger partial charge in [-0.1, -0.05) is 18.2 Å². The van der Waals surface area contributed by atoms with Crippen molar-refractivity contribution in [2.75, 3.05) is 13.2 Å². The van der Waals surface area contributed by atoms with Crippen molar-refractivity contribution in [2.24, 2.45) is 0 Å². The molecule has 1 aromatic heterocycles. The number of amides is 2. The van der Waals surface area contributed by atoms with E-state index in [9.17, 15) is 22.8 Å². The zero-order valence-electron chi connectivity index (χ0n) is 13.6. The molecule has 0 radical (unpaired) electrons. The normalized spacial score (nSPS) is 14.8. The van der Waals surface area contributed by atoms with Crippen LogP contribution in [0.5, 0.6) is 5.75 Å². The highest BCUT2D eigenvalue weighted by Gasteiger charge is 2.33. The minimum Gasteiger partial charge on any atom is -0.490 e. The minimum atomic E-state index is -4.47. The van der Waals surface area contributed by atoms with E-state index in [1.54, 1.807) is 0 Å². The summed E-state index contributed by atoms with van der Waals surface area (Å²) in [4.78, 5) is 28.1. The summed E-state index contributed by atoms with van der Waals surface area (Å²) in [7, 11) is 0. The van der Waals surface area contributed by atoms with Gasteiger partial charge in [0.15, 0.2) is 0 Å². The lowest BCUT2D eigenvalue weighted by molar-refractivity contribution is -0.139.